The maximum absolute atomic E-state index is 12.4. The van der Waals surface area contributed by atoms with E-state index in [1.807, 2.05) is 12.1 Å². The van der Waals surface area contributed by atoms with Gasteiger partial charge >= 0.3 is 0 Å². The number of imide groups is 1. The van der Waals surface area contributed by atoms with Crippen molar-refractivity contribution in [2.75, 3.05) is 19.1 Å². The highest BCUT2D eigenvalue weighted by Crippen LogP contribution is 2.34. The van der Waals surface area contributed by atoms with Gasteiger partial charge in [0.05, 0.1) is 17.7 Å². The first-order chi connectivity index (χ1) is 12.6. The van der Waals surface area contributed by atoms with Crippen molar-refractivity contribution in [3.63, 3.8) is 0 Å². The largest absolute Gasteiger partial charge is 0.467 e. The monoisotopic (exact) mass is 389 g/mol. The second-order valence-corrected chi connectivity index (χ2v) is 7.57. The third-order valence-corrected chi connectivity index (χ3v) is 5.55. The maximum atomic E-state index is 12.4. The van der Waals surface area contributed by atoms with Gasteiger partial charge in [-0.15, -0.1) is 0 Å². The van der Waals surface area contributed by atoms with Crippen LogP contribution in [0.15, 0.2) is 36.4 Å². The van der Waals surface area contributed by atoms with Crippen LogP contribution in [0.1, 0.15) is 31.8 Å². The van der Waals surface area contributed by atoms with Crippen molar-refractivity contribution in [1.29, 1.82) is 0 Å². The van der Waals surface area contributed by atoms with Gasteiger partial charge < -0.3 is 9.47 Å². The third kappa shape index (κ3) is 3.20. The molecule has 2 aromatic rings. The zero-order valence-corrected chi connectivity index (χ0v) is 15.4. The molecule has 0 unspecified atom stereocenters. The number of rotatable bonds is 5. The number of ether oxygens (including phenoxy) is 2. The van der Waals surface area contributed by atoms with Gasteiger partial charge in [0.25, 0.3) is 11.8 Å². The van der Waals surface area contributed by atoms with Crippen LogP contribution in [-0.2, 0) is 17.1 Å². The number of halogens is 1. The number of carbonyl (C=O) groups excluding carboxylic acids is 2. The highest BCUT2D eigenvalue weighted by Gasteiger charge is 2.34. The van der Waals surface area contributed by atoms with E-state index in [1.54, 1.807) is 36.0 Å². The predicted octanol–water partition coefficient (Wildman–Crippen LogP) is 3.74. The molecule has 0 aromatic heterocycles. The van der Waals surface area contributed by atoms with Crippen LogP contribution >= 0.6 is 23.4 Å². The normalized spacial score (nSPS) is 15.7. The topological polar surface area (TPSA) is 55.8 Å². The van der Waals surface area contributed by atoms with Crippen LogP contribution in [0.5, 0.6) is 5.75 Å². The number of hydrogen-bond acceptors (Lipinski definition) is 5. The van der Waals surface area contributed by atoms with Crippen molar-refractivity contribution in [3.05, 3.63) is 63.7 Å². The molecule has 2 aliphatic heterocycles. The second-order valence-electron chi connectivity index (χ2n) is 6.02. The summed E-state index contributed by atoms with van der Waals surface area (Å²) in [5, 5.41) is 0.647. The van der Waals surface area contributed by atoms with E-state index in [-0.39, 0.29) is 18.6 Å². The smallest absolute Gasteiger partial charge is 0.261 e. The molecule has 7 heteroatoms. The maximum Gasteiger partial charge on any atom is 0.261 e. The standard InChI is InChI=1S/C19H16ClNO4S/c20-14-7-12-9-24-11-25-17(12)13(8-14)10-26-6-5-21-18(22)15-3-1-2-4-16(15)19(21)23/h1-4,7-8H,5-6,9-11H2. The molecule has 5 nitrogen and oxygen atoms in total. The summed E-state index contributed by atoms with van der Waals surface area (Å²) in [4.78, 5) is 26.0. The Hall–Kier alpha value is -2.02. The quantitative estimate of drug-likeness (QED) is 0.576. The van der Waals surface area contributed by atoms with E-state index in [0.717, 1.165) is 16.9 Å². The van der Waals surface area contributed by atoms with E-state index in [9.17, 15) is 9.59 Å². The Balaban J connectivity index is 1.38. The highest BCUT2D eigenvalue weighted by atomic mass is 35.5. The molecule has 26 heavy (non-hydrogen) atoms. The molecule has 2 aliphatic rings. The van der Waals surface area contributed by atoms with Crippen LogP contribution in [0.4, 0.5) is 0 Å². The van der Waals surface area contributed by atoms with Crippen molar-refractivity contribution < 1.29 is 19.1 Å². The van der Waals surface area contributed by atoms with Crippen molar-refractivity contribution in [2.45, 2.75) is 12.4 Å². The lowest BCUT2D eigenvalue weighted by molar-refractivity contribution is -0.0168. The second kappa shape index (κ2) is 7.31. The Morgan fingerprint density at radius 2 is 1.85 bits per heavy atom. The first-order valence-corrected chi connectivity index (χ1v) is 9.73. The molecule has 0 aliphatic carbocycles. The summed E-state index contributed by atoms with van der Waals surface area (Å²) in [5.74, 6) is 1.72. The molecule has 0 fully saturated rings. The Kier molecular flexibility index (Phi) is 4.89. The Morgan fingerprint density at radius 3 is 2.58 bits per heavy atom. The predicted molar refractivity (Wildman–Crippen MR) is 99.7 cm³/mol. The number of amides is 2. The molecule has 0 radical (unpaired) electrons. The molecule has 2 heterocycles. The van der Waals surface area contributed by atoms with Crippen LogP contribution in [-0.4, -0.2) is 35.8 Å². The van der Waals surface area contributed by atoms with Crippen molar-refractivity contribution in [1.82, 2.24) is 4.90 Å². The molecule has 0 bridgehead atoms. The van der Waals surface area contributed by atoms with Crippen molar-refractivity contribution in [2.24, 2.45) is 0 Å². The number of fused-ring (bicyclic) bond motifs is 2. The summed E-state index contributed by atoms with van der Waals surface area (Å²) in [7, 11) is 0. The summed E-state index contributed by atoms with van der Waals surface area (Å²) in [6.45, 7) is 1.10. The lowest BCUT2D eigenvalue weighted by Gasteiger charge is -2.21. The van der Waals surface area contributed by atoms with E-state index < -0.39 is 0 Å². The van der Waals surface area contributed by atoms with Crippen LogP contribution in [0.25, 0.3) is 0 Å². The van der Waals surface area contributed by atoms with Gasteiger partial charge in [0.2, 0.25) is 0 Å². The molecule has 0 spiro atoms. The van der Waals surface area contributed by atoms with Gasteiger partial charge in [-0.2, -0.15) is 11.8 Å². The molecule has 2 aromatic carbocycles. The molecule has 0 N–H and O–H groups in total. The molecular weight excluding hydrogens is 374 g/mol. The Bertz CT molecular complexity index is 851. The first-order valence-electron chi connectivity index (χ1n) is 8.20. The number of carbonyl (C=O) groups is 2. The molecular formula is C19H16ClNO4S. The van der Waals surface area contributed by atoms with Crippen molar-refractivity contribution >= 4 is 35.2 Å². The van der Waals surface area contributed by atoms with Gasteiger partial charge in [-0.3, -0.25) is 14.5 Å². The van der Waals surface area contributed by atoms with Gasteiger partial charge in [-0.25, -0.2) is 0 Å². The fourth-order valence-electron chi connectivity index (χ4n) is 3.14. The van der Waals surface area contributed by atoms with Crippen molar-refractivity contribution in [3.8, 4) is 5.75 Å². The van der Waals surface area contributed by atoms with Crippen LogP contribution < -0.4 is 4.74 Å². The molecule has 4 rings (SSSR count). The summed E-state index contributed by atoms with van der Waals surface area (Å²) in [6, 6.07) is 10.7. The van der Waals surface area contributed by atoms with Gasteiger partial charge in [-0.05, 0) is 24.3 Å². The van der Waals surface area contributed by atoms with E-state index >= 15 is 0 Å². The van der Waals surface area contributed by atoms with Crippen LogP contribution in [0, 0.1) is 0 Å². The van der Waals surface area contributed by atoms with Crippen LogP contribution in [0.2, 0.25) is 5.02 Å². The van der Waals surface area contributed by atoms with E-state index in [4.69, 9.17) is 21.1 Å². The van der Waals surface area contributed by atoms with Gasteiger partial charge in [0.1, 0.15) is 5.75 Å². The van der Waals surface area contributed by atoms with Gasteiger partial charge in [-0.1, -0.05) is 23.7 Å². The summed E-state index contributed by atoms with van der Waals surface area (Å²) in [5.41, 5.74) is 2.92. The number of hydrogen-bond donors (Lipinski definition) is 0. The fourth-order valence-corrected chi connectivity index (χ4v) is 4.30. The Morgan fingerprint density at radius 1 is 1.12 bits per heavy atom. The highest BCUT2D eigenvalue weighted by molar-refractivity contribution is 7.98. The number of thioether (sulfide) groups is 1. The van der Waals surface area contributed by atoms with E-state index in [0.29, 0.717) is 40.8 Å². The molecule has 2 amide bonds. The summed E-state index contributed by atoms with van der Waals surface area (Å²) >= 11 is 7.80. The summed E-state index contributed by atoms with van der Waals surface area (Å²) in [6.07, 6.45) is 0. The average Bonchev–Trinajstić information content (AvgIpc) is 2.90. The molecule has 134 valence electrons. The minimum absolute atomic E-state index is 0.216. The minimum atomic E-state index is -0.216. The summed E-state index contributed by atoms with van der Waals surface area (Å²) < 4.78 is 10.9. The molecule has 0 saturated carbocycles. The van der Waals surface area contributed by atoms with Gasteiger partial charge in [0.15, 0.2) is 6.79 Å². The van der Waals surface area contributed by atoms with E-state index in [1.165, 1.54) is 4.90 Å². The third-order valence-electron chi connectivity index (χ3n) is 4.35. The zero-order valence-electron chi connectivity index (χ0n) is 13.9. The zero-order chi connectivity index (χ0) is 18.1. The number of benzene rings is 2. The Labute approximate surface area is 160 Å². The fraction of sp³-hybridized carbons (Fsp3) is 0.263. The molecule has 0 atom stereocenters. The van der Waals surface area contributed by atoms with E-state index in [2.05, 4.69) is 0 Å². The lowest BCUT2D eigenvalue weighted by atomic mass is 10.1. The van der Waals surface area contributed by atoms with Crippen LogP contribution in [0.3, 0.4) is 0 Å². The number of nitrogens with zero attached hydrogens (tertiary/aromatic N) is 1. The lowest BCUT2D eigenvalue weighted by Crippen LogP contribution is -2.31. The SMILES string of the molecule is O=C1c2ccccc2C(=O)N1CCSCc1cc(Cl)cc2c1OCOC2. The minimum Gasteiger partial charge on any atom is -0.467 e. The molecule has 0 saturated heterocycles. The first kappa shape index (κ1) is 17.4. The van der Waals surface area contributed by atoms with Gasteiger partial charge in [0, 0.05) is 34.2 Å². The average molecular weight is 390 g/mol.